The fraction of sp³-hybridized carbons (Fsp3) is 0.194. The van der Waals surface area contributed by atoms with E-state index in [1.807, 2.05) is 39.0 Å². The summed E-state index contributed by atoms with van der Waals surface area (Å²) < 4.78 is 12.5. The summed E-state index contributed by atoms with van der Waals surface area (Å²) in [5, 5.41) is 11.7. The molecule has 39 heavy (non-hydrogen) atoms. The number of aliphatic hydroxyl groups is 1. The van der Waals surface area contributed by atoms with Gasteiger partial charge in [0.2, 0.25) is 0 Å². The lowest BCUT2D eigenvalue weighted by molar-refractivity contribution is -0.132. The lowest BCUT2D eigenvalue weighted by Gasteiger charge is -2.24. The quantitative estimate of drug-likeness (QED) is 0.119. The van der Waals surface area contributed by atoms with Gasteiger partial charge in [0.25, 0.3) is 5.78 Å². The fourth-order valence-electron chi connectivity index (χ4n) is 4.79. The van der Waals surface area contributed by atoms with Gasteiger partial charge < -0.3 is 14.6 Å². The van der Waals surface area contributed by atoms with E-state index < -0.39 is 17.7 Å². The average Bonchev–Trinajstić information content (AvgIpc) is 3.46. The minimum absolute atomic E-state index is 0.0134. The van der Waals surface area contributed by atoms with Crippen LogP contribution < -0.4 is 14.4 Å². The largest absolute Gasteiger partial charge is 0.507 e. The van der Waals surface area contributed by atoms with Gasteiger partial charge in [0.1, 0.15) is 12.4 Å². The van der Waals surface area contributed by atoms with E-state index >= 15 is 0 Å². The molecule has 5 rings (SSSR count). The van der Waals surface area contributed by atoms with Crippen molar-refractivity contribution in [3.63, 3.8) is 0 Å². The lowest BCUT2D eigenvalue weighted by Crippen LogP contribution is -2.29. The molecule has 0 radical (unpaired) electrons. The Balaban J connectivity index is 1.73. The van der Waals surface area contributed by atoms with Crippen LogP contribution in [0.15, 0.2) is 78.9 Å². The number of Topliss-reactive ketones (excluding diaryl/α,β-unsaturated/α-hetero) is 1. The van der Waals surface area contributed by atoms with E-state index in [-0.39, 0.29) is 17.9 Å². The number of ketones is 1. The van der Waals surface area contributed by atoms with Gasteiger partial charge in [0.15, 0.2) is 16.6 Å². The molecule has 1 fully saturated rings. The molecule has 0 saturated carbocycles. The van der Waals surface area contributed by atoms with E-state index in [1.54, 1.807) is 48.5 Å². The fourth-order valence-corrected chi connectivity index (χ4v) is 5.96. The van der Waals surface area contributed by atoms with Crippen LogP contribution in [0.3, 0.4) is 0 Å². The average molecular weight is 541 g/mol. The monoisotopic (exact) mass is 540 g/mol. The van der Waals surface area contributed by atoms with Crippen LogP contribution in [-0.4, -0.2) is 35.0 Å². The zero-order chi connectivity index (χ0) is 27.7. The summed E-state index contributed by atoms with van der Waals surface area (Å²) in [5.74, 6) is -0.821. The zero-order valence-corrected chi connectivity index (χ0v) is 22.7. The molecule has 1 amide bonds. The number of aromatic nitrogens is 1. The second-order valence-electron chi connectivity index (χ2n) is 9.20. The number of nitrogens with zero attached hydrogens (tertiary/aromatic N) is 2. The van der Waals surface area contributed by atoms with Gasteiger partial charge in [-0.2, -0.15) is 0 Å². The second kappa shape index (κ2) is 10.7. The van der Waals surface area contributed by atoms with Crippen LogP contribution in [-0.2, 0) is 9.59 Å². The predicted octanol–water partition coefficient (Wildman–Crippen LogP) is 6.50. The Morgan fingerprint density at radius 3 is 2.56 bits per heavy atom. The van der Waals surface area contributed by atoms with Crippen LogP contribution in [0.1, 0.15) is 35.2 Å². The smallest absolute Gasteiger partial charge is 0.301 e. The first-order valence-electron chi connectivity index (χ1n) is 12.6. The van der Waals surface area contributed by atoms with Crippen LogP contribution in [0.4, 0.5) is 5.13 Å². The molecule has 8 heteroatoms. The van der Waals surface area contributed by atoms with Gasteiger partial charge in [-0.25, -0.2) is 4.98 Å². The van der Waals surface area contributed by atoms with Crippen molar-refractivity contribution in [3.8, 4) is 11.5 Å². The third-order valence-electron chi connectivity index (χ3n) is 6.46. The first-order valence-corrected chi connectivity index (χ1v) is 13.4. The number of hydrogen-bond acceptors (Lipinski definition) is 7. The molecule has 0 aliphatic carbocycles. The van der Waals surface area contributed by atoms with Crippen molar-refractivity contribution in [2.45, 2.75) is 26.8 Å². The Hall–Kier alpha value is -4.43. The number of amides is 1. The first-order chi connectivity index (χ1) is 18.8. The van der Waals surface area contributed by atoms with Crippen LogP contribution >= 0.6 is 11.3 Å². The molecule has 0 bridgehead atoms. The van der Waals surface area contributed by atoms with Crippen molar-refractivity contribution in [2.24, 2.45) is 0 Å². The minimum atomic E-state index is -0.931. The standard InChI is InChI=1S/C31H28N2O5S/c1-5-14-38-22-13-12-21(17-23(22)37-6-2)27-25(28(34)20-10-8-7-9-11-20)29(35)30(36)33(27)31-32-26-19(4)15-18(3)16-24(26)39-31/h5,7-13,15-17,27,34H,1,6,14H2,2-4H3/b28-25+. The summed E-state index contributed by atoms with van der Waals surface area (Å²) in [6.45, 7) is 10.2. The molecule has 1 aromatic heterocycles. The molecule has 1 saturated heterocycles. The molecule has 2 heterocycles. The number of hydrogen-bond donors (Lipinski definition) is 1. The zero-order valence-electron chi connectivity index (χ0n) is 21.9. The van der Waals surface area contributed by atoms with E-state index in [1.165, 1.54) is 16.2 Å². The van der Waals surface area contributed by atoms with Crippen molar-refractivity contribution in [3.05, 3.63) is 101 Å². The van der Waals surface area contributed by atoms with Gasteiger partial charge >= 0.3 is 5.91 Å². The van der Waals surface area contributed by atoms with Crippen LogP contribution in [0, 0.1) is 13.8 Å². The summed E-state index contributed by atoms with van der Waals surface area (Å²) >= 11 is 1.34. The molecule has 1 aliphatic rings. The number of thiazole rings is 1. The van der Waals surface area contributed by atoms with Gasteiger partial charge in [-0.15, -0.1) is 0 Å². The summed E-state index contributed by atoms with van der Waals surface area (Å²) in [5.41, 5.74) is 3.83. The third-order valence-corrected chi connectivity index (χ3v) is 7.46. The summed E-state index contributed by atoms with van der Waals surface area (Å²) in [7, 11) is 0. The Labute approximate surface area is 230 Å². The van der Waals surface area contributed by atoms with Crippen molar-refractivity contribution in [1.82, 2.24) is 4.98 Å². The molecule has 1 unspecified atom stereocenters. The Morgan fingerprint density at radius 1 is 1.08 bits per heavy atom. The molecule has 7 nitrogen and oxygen atoms in total. The van der Waals surface area contributed by atoms with Crippen LogP contribution in [0.2, 0.25) is 0 Å². The Kier molecular flexibility index (Phi) is 7.21. The predicted molar refractivity (Wildman–Crippen MR) is 154 cm³/mol. The van der Waals surface area contributed by atoms with E-state index in [0.717, 1.165) is 21.3 Å². The minimum Gasteiger partial charge on any atom is -0.507 e. The number of aliphatic hydroxyl groups excluding tert-OH is 1. The second-order valence-corrected chi connectivity index (χ2v) is 10.2. The van der Waals surface area contributed by atoms with Crippen molar-refractivity contribution in [2.75, 3.05) is 18.1 Å². The van der Waals surface area contributed by atoms with Gasteiger partial charge in [-0.1, -0.05) is 66.5 Å². The highest BCUT2D eigenvalue weighted by Crippen LogP contribution is 2.46. The van der Waals surface area contributed by atoms with E-state index in [9.17, 15) is 14.7 Å². The van der Waals surface area contributed by atoms with Crippen molar-refractivity contribution >= 4 is 44.1 Å². The molecule has 1 N–H and O–H groups in total. The molecule has 198 valence electrons. The molecule has 1 atom stereocenters. The van der Waals surface area contributed by atoms with Crippen LogP contribution in [0.5, 0.6) is 11.5 Å². The number of anilines is 1. The molecule has 0 spiro atoms. The van der Waals surface area contributed by atoms with Crippen molar-refractivity contribution < 1.29 is 24.2 Å². The number of carbonyl (C=O) groups excluding carboxylic acids is 2. The number of fused-ring (bicyclic) bond motifs is 1. The summed E-state index contributed by atoms with van der Waals surface area (Å²) in [4.78, 5) is 33.3. The van der Waals surface area contributed by atoms with Crippen molar-refractivity contribution in [1.29, 1.82) is 0 Å². The van der Waals surface area contributed by atoms with Crippen LogP contribution in [0.25, 0.3) is 16.0 Å². The van der Waals surface area contributed by atoms with E-state index in [0.29, 0.717) is 34.4 Å². The van der Waals surface area contributed by atoms with Gasteiger partial charge in [0.05, 0.1) is 28.4 Å². The van der Waals surface area contributed by atoms with Gasteiger partial charge in [0, 0.05) is 5.56 Å². The third kappa shape index (κ3) is 4.79. The van der Waals surface area contributed by atoms with E-state index in [2.05, 4.69) is 6.58 Å². The normalized spacial score (nSPS) is 16.6. The Morgan fingerprint density at radius 2 is 1.85 bits per heavy atom. The maximum Gasteiger partial charge on any atom is 0.301 e. The SMILES string of the molecule is C=CCOc1ccc(C2/C(=C(\O)c3ccccc3)C(=O)C(=O)N2c2nc3c(C)cc(C)cc3s2)cc1OCC. The highest BCUT2D eigenvalue weighted by molar-refractivity contribution is 7.22. The Bertz CT molecular complexity index is 1620. The molecule has 4 aromatic rings. The number of benzene rings is 3. The number of aryl methyl sites for hydroxylation is 2. The number of ether oxygens (including phenoxy) is 2. The summed E-state index contributed by atoms with van der Waals surface area (Å²) in [6, 6.07) is 17.1. The molecule has 1 aliphatic heterocycles. The number of rotatable bonds is 8. The van der Waals surface area contributed by atoms with Gasteiger partial charge in [-0.3, -0.25) is 14.5 Å². The van der Waals surface area contributed by atoms with E-state index in [4.69, 9.17) is 14.5 Å². The maximum atomic E-state index is 13.6. The topological polar surface area (TPSA) is 89.0 Å². The summed E-state index contributed by atoms with van der Waals surface area (Å²) in [6.07, 6.45) is 1.63. The lowest BCUT2D eigenvalue weighted by atomic mass is 9.95. The molecular formula is C31H28N2O5S. The highest BCUT2D eigenvalue weighted by atomic mass is 32.1. The highest BCUT2D eigenvalue weighted by Gasteiger charge is 2.48. The van der Waals surface area contributed by atoms with Gasteiger partial charge in [-0.05, 0) is 55.7 Å². The first kappa shape index (κ1) is 26.2. The maximum absolute atomic E-state index is 13.6. The number of carbonyl (C=O) groups is 2. The molecule has 3 aromatic carbocycles. The molecular weight excluding hydrogens is 512 g/mol.